The monoisotopic (exact) mass is 533 g/mol. The molecule has 1 atom stereocenters. The summed E-state index contributed by atoms with van der Waals surface area (Å²) in [6.45, 7) is 2.26. The Morgan fingerprint density at radius 3 is 2.37 bits per heavy atom. The Morgan fingerprint density at radius 1 is 1.00 bits per heavy atom. The predicted octanol–water partition coefficient (Wildman–Crippen LogP) is 4.54. The first-order valence-corrected chi connectivity index (χ1v) is 12.8. The van der Waals surface area contributed by atoms with Crippen LogP contribution >= 0.6 is 0 Å². The van der Waals surface area contributed by atoms with E-state index in [1.807, 2.05) is 24.3 Å². The Hall–Kier alpha value is -3.31. The molecule has 1 unspecified atom stereocenters. The number of fused-ring (bicyclic) bond motifs is 1. The van der Waals surface area contributed by atoms with Crippen molar-refractivity contribution in [1.82, 2.24) is 10.2 Å². The maximum atomic E-state index is 13.3. The summed E-state index contributed by atoms with van der Waals surface area (Å²) in [5.74, 6) is -0.234. The van der Waals surface area contributed by atoms with E-state index in [0.29, 0.717) is 18.6 Å². The molecule has 38 heavy (non-hydrogen) atoms. The molecular weight excluding hydrogens is 503 g/mol. The Morgan fingerprint density at radius 2 is 1.68 bits per heavy atom. The number of nitrogens with zero attached hydrogens (tertiary/aromatic N) is 2. The molecule has 0 aliphatic carbocycles. The summed E-state index contributed by atoms with van der Waals surface area (Å²) in [4.78, 5) is 28.8. The van der Waals surface area contributed by atoms with Gasteiger partial charge in [0.05, 0.1) is 5.69 Å². The smallest absolute Gasteiger partial charge is 0.490 e. The van der Waals surface area contributed by atoms with E-state index >= 15 is 0 Å². The van der Waals surface area contributed by atoms with Gasteiger partial charge in [0.2, 0.25) is 0 Å². The van der Waals surface area contributed by atoms with Gasteiger partial charge in [-0.05, 0) is 62.5 Å². The topological polar surface area (TPSA) is 80.3 Å². The van der Waals surface area contributed by atoms with Crippen molar-refractivity contribution >= 4 is 17.7 Å². The Kier molecular flexibility index (Phi) is 7.75. The number of hydrogen-bond acceptors (Lipinski definition) is 6. The fourth-order valence-corrected chi connectivity index (χ4v) is 5.25. The molecule has 2 aromatic carbocycles. The molecule has 1 N–H and O–H groups in total. The number of hydrogen-bond donors (Lipinski definition) is 1. The summed E-state index contributed by atoms with van der Waals surface area (Å²) >= 11 is 0. The highest BCUT2D eigenvalue weighted by atomic mass is 19.4. The first-order chi connectivity index (χ1) is 18.3. The number of likely N-dealkylation sites (tertiary alicyclic amines) is 1. The van der Waals surface area contributed by atoms with E-state index in [2.05, 4.69) is 10.1 Å². The highest BCUT2D eigenvalue weighted by Crippen LogP contribution is 2.34. The number of alkyl halides is 3. The molecule has 0 saturated carbocycles. The number of carbonyl (C=O) groups excluding carboxylic acids is 2. The van der Waals surface area contributed by atoms with Crippen molar-refractivity contribution in [1.29, 1.82) is 0 Å². The minimum atomic E-state index is -5.00. The van der Waals surface area contributed by atoms with Crippen LogP contribution in [0, 0.1) is 0 Å². The lowest BCUT2D eigenvalue weighted by atomic mass is 9.99. The summed E-state index contributed by atoms with van der Waals surface area (Å²) in [7, 11) is 0. The molecule has 2 amide bonds. The van der Waals surface area contributed by atoms with Gasteiger partial charge in [0.1, 0.15) is 18.5 Å². The second kappa shape index (κ2) is 11.2. The number of anilines is 1. The van der Waals surface area contributed by atoms with Crippen LogP contribution in [-0.2, 0) is 20.9 Å². The molecule has 11 heteroatoms. The fraction of sp³-hybridized carbons (Fsp3) is 0.481. The Labute approximate surface area is 218 Å². The van der Waals surface area contributed by atoms with Crippen molar-refractivity contribution in [3.05, 3.63) is 59.7 Å². The fourth-order valence-electron chi connectivity index (χ4n) is 5.25. The number of para-hydroxylation sites is 1. The van der Waals surface area contributed by atoms with Crippen LogP contribution in [0.25, 0.3) is 0 Å². The molecule has 2 saturated heterocycles. The van der Waals surface area contributed by atoms with Crippen LogP contribution in [0.2, 0.25) is 0 Å². The van der Waals surface area contributed by atoms with Gasteiger partial charge >= 0.3 is 12.5 Å². The molecule has 8 nitrogen and oxygen atoms in total. The predicted molar refractivity (Wildman–Crippen MR) is 132 cm³/mol. The molecule has 3 heterocycles. The molecular formula is C27H30F3N3O5. The van der Waals surface area contributed by atoms with E-state index in [1.165, 1.54) is 17.0 Å². The largest absolute Gasteiger partial charge is 0.523 e. The zero-order valence-corrected chi connectivity index (χ0v) is 20.8. The van der Waals surface area contributed by atoms with Gasteiger partial charge in [-0.1, -0.05) is 30.3 Å². The number of amides is 2. The highest BCUT2D eigenvalue weighted by molar-refractivity contribution is 5.91. The molecule has 5 rings (SSSR count). The summed E-state index contributed by atoms with van der Waals surface area (Å²) in [5.41, 5.74) is 1.75. The number of nitrogens with one attached hydrogen (secondary N) is 1. The third kappa shape index (κ3) is 6.05. The maximum absolute atomic E-state index is 13.3. The maximum Gasteiger partial charge on any atom is 0.523 e. The van der Waals surface area contributed by atoms with Crippen molar-refractivity contribution in [2.75, 3.05) is 31.1 Å². The average Bonchev–Trinajstić information content (AvgIpc) is 2.92. The summed E-state index contributed by atoms with van der Waals surface area (Å²) in [5, 5.41) is 3.25. The second-order valence-corrected chi connectivity index (χ2v) is 9.69. The van der Waals surface area contributed by atoms with Gasteiger partial charge in [-0.25, -0.2) is 4.79 Å². The number of ether oxygens (including phenoxy) is 3. The van der Waals surface area contributed by atoms with Crippen molar-refractivity contribution in [3.8, 4) is 5.75 Å². The van der Waals surface area contributed by atoms with E-state index in [1.54, 1.807) is 17.0 Å². The summed E-state index contributed by atoms with van der Waals surface area (Å²) < 4.78 is 55.5. The minimum Gasteiger partial charge on any atom is -0.490 e. The third-order valence-electron chi connectivity index (χ3n) is 7.19. The van der Waals surface area contributed by atoms with Gasteiger partial charge < -0.3 is 19.7 Å². The molecule has 3 aliphatic heterocycles. The second-order valence-electron chi connectivity index (χ2n) is 9.69. The highest BCUT2D eigenvalue weighted by Gasteiger charge is 2.41. The molecule has 0 radical (unpaired) electrons. The average molecular weight is 534 g/mol. The first-order valence-electron chi connectivity index (χ1n) is 12.8. The third-order valence-corrected chi connectivity index (χ3v) is 7.19. The van der Waals surface area contributed by atoms with Gasteiger partial charge in [-0.3, -0.25) is 14.4 Å². The van der Waals surface area contributed by atoms with Gasteiger partial charge in [0.25, 0.3) is 5.91 Å². The number of halogens is 3. The van der Waals surface area contributed by atoms with Crippen molar-refractivity contribution < 1.29 is 37.0 Å². The van der Waals surface area contributed by atoms with Crippen molar-refractivity contribution in [3.63, 3.8) is 0 Å². The Balaban J connectivity index is 1.26. The van der Waals surface area contributed by atoms with Crippen LogP contribution in [0.15, 0.2) is 48.5 Å². The van der Waals surface area contributed by atoms with Crippen LogP contribution in [0.1, 0.15) is 42.9 Å². The van der Waals surface area contributed by atoms with Crippen LogP contribution in [0.3, 0.4) is 0 Å². The number of piperidine rings is 2. The molecule has 3 aliphatic rings. The van der Waals surface area contributed by atoms with Crippen molar-refractivity contribution in [2.45, 2.75) is 56.9 Å². The van der Waals surface area contributed by atoms with Crippen LogP contribution in [-0.4, -0.2) is 61.6 Å². The molecule has 0 aromatic heterocycles. The van der Waals surface area contributed by atoms with Crippen LogP contribution in [0.5, 0.6) is 5.75 Å². The summed E-state index contributed by atoms with van der Waals surface area (Å²) in [6, 6.07) is 13.2. The van der Waals surface area contributed by atoms with Crippen LogP contribution in [0.4, 0.5) is 23.7 Å². The van der Waals surface area contributed by atoms with E-state index in [0.717, 1.165) is 37.2 Å². The van der Waals surface area contributed by atoms with E-state index in [4.69, 9.17) is 9.47 Å². The number of cyclic esters (lactones) is 1. The van der Waals surface area contributed by atoms with Crippen LogP contribution < -0.4 is 15.0 Å². The van der Waals surface area contributed by atoms with Crippen molar-refractivity contribution in [2.24, 2.45) is 0 Å². The SMILES string of the molecule is O=C(C(OC(F)(F)F)c1ccc(OC2CCNCC2)cc1)N1CCC(N2C(=O)OCc3ccccc32)CC1. The van der Waals surface area contributed by atoms with E-state index in [9.17, 15) is 22.8 Å². The minimum absolute atomic E-state index is 0.0383. The Bertz CT molecular complexity index is 1130. The van der Waals surface area contributed by atoms with Gasteiger partial charge in [-0.2, -0.15) is 0 Å². The quantitative estimate of drug-likeness (QED) is 0.587. The molecule has 2 aromatic rings. The normalized spacial score (nSPS) is 20.0. The zero-order valence-electron chi connectivity index (χ0n) is 20.8. The number of benzene rings is 2. The molecule has 0 spiro atoms. The lowest BCUT2D eigenvalue weighted by Crippen LogP contribution is -2.51. The number of rotatable bonds is 6. The van der Waals surface area contributed by atoms with Gasteiger partial charge in [0.15, 0.2) is 6.10 Å². The molecule has 2 fully saturated rings. The zero-order chi connectivity index (χ0) is 26.7. The molecule has 204 valence electrons. The first kappa shape index (κ1) is 26.3. The van der Waals surface area contributed by atoms with E-state index in [-0.39, 0.29) is 37.4 Å². The standard InChI is InChI=1S/C27H30F3N3O5/c28-27(29,30)38-24(18-5-7-21(8-6-18)37-22-9-13-31-14-10-22)25(34)32-15-11-20(12-16-32)33-23-4-2-1-3-19(23)17-36-26(33)35/h1-8,20,22,24,31H,9-17H2. The lowest BCUT2D eigenvalue weighted by molar-refractivity contribution is -0.340. The number of carbonyl (C=O) groups is 2. The molecule has 0 bridgehead atoms. The summed E-state index contributed by atoms with van der Waals surface area (Å²) in [6.07, 6.45) is -4.76. The van der Waals surface area contributed by atoms with Gasteiger partial charge in [0, 0.05) is 24.7 Å². The lowest BCUT2D eigenvalue weighted by Gasteiger charge is -2.40. The van der Waals surface area contributed by atoms with E-state index < -0.39 is 24.5 Å². The van der Waals surface area contributed by atoms with Gasteiger partial charge in [-0.15, -0.1) is 13.2 Å².